The number of hydrazone groups is 1. The van der Waals surface area contributed by atoms with Gasteiger partial charge in [-0.2, -0.15) is 5.10 Å². The Kier molecular flexibility index (Phi) is 7.45. The van der Waals surface area contributed by atoms with Crippen LogP contribution in [0.2, 0.25) is 0 Å². The fourth-order valence-corrected chi connectivity index (χ4v) is 2.78. The highest BCUT2D eigenvalue weighted by atomic mass is 16.6. The second-order valence-electron chi connectivity index (χ2n) is 6.54. The summed E-state index contributed by atoms with van der Waals surface area (Å²) in [6, 6.07) is 22.5. The Morgan fingerprint density at radius 3 is 2.35 bits per heavy atom. The SMILES string of the molecule is COC(C(=O)NN=Cc1ccc(OCc2ccc([N+](=O)[O-])cc2)cc1)c1ccccc1. The van der Waals surface area contributed by atoms with E-state index in [-0.39, 0.29) is 11.6 Å². The van der Waals surface area contributed by atoms with Crippen molar-refractivity contribution in [1.29, 1.82) is 0 Å². The number of nitro benzene ring substituents is 1. The Balaban J connectivity index is 1.51. The summed E-state index contributed by atoms with van der Waals surface area (Å²) in [7, 11) is 1.47. The van der Waals surface area contributed by atoms with Crippen LogP contribution in [0, 0.1) is 10.1 Å². The fourth-order valence-electron chi connectivity index (χ4n) is 2.78. The molecule has 3 aromatic carbocycles. The number of carbonyl (C=O) groups is 1. The van der Waals surface area contributed by atoms with Gasteiger partial charge in [0, 0.05) is 19.2 Å². The molecule has 0 fully saturated rings. The lowest BCUT2D eigenvalue weighted by molar-refractivity contribution is -0.384. The average Bonchev–Trinajstić information content (AvgIpc) is 2.80. The van der Waals surface area contributed by atoms with E-state index in [9.17, 15) is 14.9 Å². The summed E-state index contributed by atoms with van der Waals surface area (Å²) in [6.45, 7) is 0.291. The Morgan fingerprint density at radius 1 is 1.06 bits per heavy atom. The van der Waals surface area contributed by atoms with Gasteiger partial charge >= 0.3 is 0 Å². The third-order valence-electron chi connectivity index (χ3n) is 4.40. The number of ether oxygens (including phenoxy) is 2. The molecule has 8 nitrogen and oxygen atoms in total. The van der Waals surface area contributed by atoms with Crippen molar-refractivity contribution in [2.75, 3.05) is 7.11 Å². The van der Waals surface area contributed by atoms with Crippen molar-refractivity contribution in [1.82, 2.24) is 5.43 Å². The number of amides is 1. The number of hydrogen-bond acceptors (Lipinski definition) is 6. The molecule has 31 heavy (non-hydrogen) atoms. The summed E-state index contributed by atoms with van der Waals surface area (Å²) in [5.74, 6) is 0.274. The number of hydrogen-bond donors (Lipinski definition) is 1. The first-order valence-corrected chi connectivity index (χ1v) is 9.43. The highest BCUT2D eigenvalue weighted by molar-refractivity contribution is 5.85. The van der Waals surface area contributed by atoms with Gasteiger partial charge in [-0.3, -0.25) is 14.9 Å². The number of rotatable bonds is 9. The first-order valence-electron chi connectivity index (χ1n) is 9.43. The fraction of sp³-hybridized carbons (Fsp3) is 0.130. The highest BCUT2D eigenvalue weighted by Gasteiger charge is 2.19. The number of nitro groups is 1. The van der Waals surface area contributed by atoms with Gasteiger partial charge in [0.05, 0.1) is 11.1 Å². The van der Waals surface area contributed by atoms with Crippen LogP contribution in [0.1, 0.15) is 22.8 Å². The van der Waals surface area contributed by atoms with Crippen LogP contribution in [-0.4, -0.2) is 24.2 Å². The van der Waals surface area contributed by atoms with Crippen molar-refractivity contribution in [3.05, 3.63) is 106 Å². The predicted molar refractivity (Wildman–Crippen MR) is 116 cm³/mol. The summed E-state index contributed by atoms with van der Waals surface area (Å²) in [5, 5.41) is 14.7. The van der Waals surface area contributed by atoms with Gasteiger partial charge in [-0.25, -0.2) is 5.43 Å². The van der Waals surface area contributed by atoms with Crippen molar-refractivity contribution >= 4 is 17.8 Å². The Labute approximate surface area is 179 Å². The third-order valence-corrected chi connectivity index (χ3v) is 4.40. The molecule has 1 unspecified atom stereocenters. The number of benzene rings is 3. The monoisotopic (exact) mass is 419 g/mol. The minimum atomic E-state index is -0.742. The van der Waals surface area contributed by atoms with Crippen LogP contribution in [0.3, 0.4) is 0 Å². The lowest BCUT2D eigenvalue weighted by Gasteiger charge is -2.13. The topological polar surface area (TPSA) is 103 Å². The van der Waals surface area contributed by atoms with Crippen LogP contribution in [0.15, 0.2) is 84.0 Å². The standard InChI is InChI=1S/C23H21N3O5/c1-30-22(19-5-3-2-4-6-19)23(27)25-24-15-17-9-13-21(14-10-17)31-16-18-7-11-20(12-8-18)26(28)29/h2-15,22H,16H2,1H3,(H,25,27). The van der Waals surface area contributed by atoms with Crippen molar-refractivity contribution in [3.63, 3.8) is 0 Å². The molecule has 1 N–H and O–H groups in total. The number of non-ortho nitro benzene ring substituents is 1. The molecule has 0 radical (unpaired) electrons. The smallest absolute Gasteiger partial charge is 0.273 e. The molecule has 0 aliphatic carbocycles. The molecule has 0 aliphatic rings. The van der Waals surface area contributed by atoms with E-state index in [1.54, 1.807) is 36.4 Å². The first-order chi connectivity index (χ1) is 15.1. The van der Waals surface area contributed by atoms with E-state index in [1.807, 2.05) is 30.3 Å². The Morgan fingerprint density at radius 2 is 1.74 bits per heavy atom. The van der Waals surface area contributed by atoms with Crippen molar-refractivity contribution in [3.8, 4) is 5.75 Å². The van der Waals surface area contributed by atoms with Gasteiger partial charge < -0.3 is 9.47 Å². The zero-order chi connectivity index (χ0) is 22.1. The molecule has 0 heterocycles. The van der Waals surface area contributed by atoms with Crippen LogP contribution in [0.25, 0.3) is 0 Å². The second kappa shape index (κ2) is 10.7. The zero-order valence-electron chi connectivity index (χ0n) is 16.8. The molecular weight excluding hydrogens is 398 g/mol. The van der Waals surface area contributed by atoms with Crippen molar-refractivity contribution in [2.45, 2.75) is 12.7 Å². The van der Waals surface area contributed by atoms with E-state index < -0.39 is 11.0 Å². The minimum absolute atomic E-state index is 0.0417. The van der Waals surface area contributed by atoms with Crippen molar-refractivity contribution < 1.29 is 19.2 Å². The van der Waals surface area contributed by atoms with E-state index in [2.05, 4.69) is 10.5 Å². The zero-order valence-corrected chi connectivity index (χ0v) is 16.8. The lowest BCUT2D eigenvalue weighted by atomic mass is 10.1. The third kappa shape index (κ3) is 6.22. The molecule has 0 aliphatic heterocycles. The van der Waals surface area contributed by atoms with Gasteiger partial charge in [-0.05, 0) is 53.1 Å². The molecule has 0 saturated heterocycles. The van der Waals surface area contributed by atoms with Gasteiger partial charge in [0.1, 0.15) is 12.4 Å². The van der Waals surface area contributed by atoms with Gasteiger partial charge in [0.2, 0.25) is 0 Å². The maximum Gasteiger partial charge on any atom is 0.273 e. The Hall–Kier alpha value is -4.04. The number of nitrogens with zero attached hydrogens (tertiary/aromatic N) is 2. The van der Waals surface area contributed by atoms with Crippen LogP contribution < -0.4 is 10.2 Å². The highest BCUT2D eigenvalue weighted by Crippen LogP contribution is 2.17. The van der Waals surface area contributed by atoms with E-state index in [0.29, 0.717) is 12.4 Å². The largest absolute Gasteiger partial charge is 0.489 e. The van der Waals surface area contributed by atoms with Gasteiger partial charge in [0.15, 0.2) is 6.10 Å². The molecule has 158 valence electrons. The molecule has 0 aromatic heterocycles. The summed E-state index contributed by atoms with van der Waals surface area (Å²) >= 11 is 0. The molecule has 0 saturated carbocycles. The summed E-state index contributed by atoms with van der Waals surface area (Å²) in [5.41, 5.74) is 4.86. The average molecular weight is 419 g/mol. The van der Waals surface area contributed by atoms with E-state index in [4.69, 9.17) is 9.47 Å². The molecule has 1 amide bonds. The maximum absolute atomic E-state index is 12.3. The molecule has 3 rings (SSSR count). The second-order valence-corrected chi connectivity index (χ2v) is 6.54. The maximum atomic E-state index is 12.3. The molecule has 0 spiro atoms. The first kappa shape index (κ1) is 21.7. The van der Waals surface area contributed by atoms with E-state index >= 15 is 0 Å². The number of carbonyl (C=O) groups excluding carboxylic acids is 1. The molecule has 0 bridgehead atoms. The van der Waals surface area contributed by atoms with Gasteiger partial charge in [-0.1, -0.05) is 30.3 Å². The van der Waals surface area contributed by atoms with Crippen LogP contribution in [0.4, 0.5) is 5.69 Å². The van der Waals surface area contributed by atoms with Crippen molar-refractivity contribution in [2.24, 2.45) is 5.10 Å². The predicted octanol–water partition coefficient (Wildman–Crippen LogP) is 4.01. The normalized spacial score (nSPS) is 11.8. The summed E-state index contributed by atoms with van der Waals surface area (Å²) in [6.07, 6.45) is 0.781. The molecule has 1 atom stereocenters. The molecule has 8 heteroatoms. The van der Waals surface area contributed by atoms with Crippen LogP contribution in [0.5, 0.6) is 5.75 Å². The lowest BCUT2D eigenvalue weighted by Crippen LogP contribution is -2.26. The van der Waals surface area contributed by atoms with E-state index in [1.165, 1.54) is 25.5 Å². The summed E-state index contributed by atoms with van der Waals surface area (Å²) in [4.78, 5) is 22.5. The van der Waals surface area contributed by atoms with E-state index in [0.717, 1.165) is 16.7 Å². The Bertz CT molecular complexity index is 1040. The van der Waals surface area contributed by atoms with Gasteiger partial charge in [0.25, 0.3) is 11.6 Å². The van der Waals surface area contributed by atoms with Gasteiger partial charge in [-0.15, -0.1) is 0 Å². The number of nitrogens with one attached hydrogen (secondary N) is 1. The molecule has 3 aromatic rings. The molecular formula is C23H21N3O5. The van der Waals surface area contributed by atoms with Crippen LogP contribution in [-0.2, 0) is 16.1 Å². The number of methoxy groups -OCH3 is 1. The summed E-state index contributed by atoms with van der Waals surface area (Å²) < 4.78 is 10.9. The quantitative estimate of drug-likeness (QED) is 0.321. The minimum Gasteiger partial charge on any atom is -0.489 e. The van der Waals surface area contributed by atoms with Crippen LogP contribution >= 0.6 is 0 Å².